The lowest BCUT2D eigenvalue weighted by atomic mass is 10.1. The van der Waals surface area contributed by atoms with E-state index in [9.17, 15) is 13.2 Å². The Morgan fingerprint density at radius 1 is 1.38 bits per heavy atom. The third kappa shape index (κ3) is 4.80. The number of hydrogen-bond donors (Lipinski definition) is 2. The molecular weight excluding hydrogens is 294 g/mol. The zero-order chi connectivity index (χ0) is 16.0. The van der Waals surface area contributed by atoms with E-state index in [2.05, 4.69) is 4.72 Å². The number of benzene rings is 1. The second-order valence-electron chi connectivity index (χ2n) is 4.66. The van der Waals surface area contributed by atoms with Crippen LogP contribution in [0.3, 0.4) is 0 Å². The smallest absolute Gasteiger partial charge is 0.335 e. The molecule has 0 fully saturated rings. The first-order valence-corrected chi connectivity index (χ1v) is 8.26. The lowest BCUT2D eigenvalue weighted by Gasteiger charge is -2.16. The molecule has 0 saturated carbocycles. The zero-order valence-electron chi connectivity index (χ0n) is 12.4. The van der Waals surface area contributed by atoms with Crippen LogP contribution in [0.15, 0.2) is 23.1 Å². The van der Waals surface area contributed by atoms with Crippen LogP contribution in [0.5, 0.6) is 0 Å². The minimum atomic E-state index is -3.78. The van der Waals surface area contributed by atoms with Crippen molar-refractivity contribution in [3.63, 3.8) is 0 Å². The number of ether oxygens (including phenoxy) is 1. The minimum absolute atomic E-state index is 0.00764. The maximum Gasteiger partial charge on any atom is 0.335 e. The van der Waals surface area contributed by atoms with Crippen LogP contribution in [0.1, 0.15) is 36.7 Å². The summed E-state index contributed by atoms with van der Waals surface area (Å²) in [6.45, 7) is 6.10. The molecule has 0 aromatic heterocycles. The van der Waals surface area contributed by atoms with Crippen LogP contribution in [0.25, 0.3) is 0 Å². The molecule has 0 spiro atoms. The second-order valence-corrected chi connectivity index (χ2v) is 6.35. The monoisotopic (exact) mass is 315 g/mol. The van der Waals surface area contributed by atoms with Crippen LogP contribution in [0, 0.1) is 0 Å². The van der Waals surface area contributed by atoms with E-state index in [0.717, 1.165) is 0 Å². The molecule has 0 saturated heterocycles. The minimum Gasteiger partial charge on any atom is -0.478 e. The summed E-state index contributed by atoms with van der Waals surface area (Å²) in [5.41, 5.74) is 0.529. The van der Waals surface area contributed by atoms with Gasteiger partial charge in [0.05, 0.1) is 17.1 Å². The van der Waals surface area contributed by atoms with E-state index < -0.39 is 22.0 Å². The molecule has 1 rings (SSSR count). The van der Waals surface area contributed by atoms with E-state index in [4.69, 9.17) is 9.84 Å². The van der Waals surface area contributed by atoms with Gasteiger partial charge < -0.3 is 9.84 Å². The van der Waals surface area contributed by atoms with E-state index in [1.165, 1.54) is 18.2 Å². The SMILES string of the molecule is CCOCC(C)NS(=O)(=O)c1cc(C(=O)O)ccc1CC. The van der Waals surface area contributed by atoms with Crippen molar-refractivity contribution in [2.24, 2.45) is 0 Å². The highest BCUT2D eigenvalue weighted by molar-refractivity contribution is 7.89. The molecule has 2 N–H and O–H groups in total. The Balaban J connectivity index is 3.11. The number of aromatic carboxylic acids is 1. The molecule has 0 amide bonds. The van der Waals surface area contributed by atoms with Crippen molar-refractivity contribution in [1.29, 1.82) is 0 Å². The molecule has 0 radical (unpaired) electrons. The largest absolute Gasteiger partial charge is 0.478 e. The molecule has 1 unspecified atom stereocenters. The first-order valence-electron chi connectivity index (χ1n) is 6.78. The summed E-state index contributed by atoms with van der Waals surface area (Å²) in [5, 5.41) is 9.00. The van der Waals surface area contributed by atoms with Crippen molar-refractivity contribution < 1.29 is 23.1 Å². The Kier molecular flexibility index (Phi) is 6.32. The Morgan fingerprint density at radius 2 is 2.05 bits per heavy atom. The normalized spacial score (nSPS) is 13.1. The fraction of sp³-hybridized carbons (Fsp3) is 0.500. The lowest BCUT2D eigenvalue weighted by molar-refractivity contribution is 0.0696. The molecule has 118 valence electrons. The molecule has 0 heterocycles. The summed E-state index contributed by atoms with van der Waals surface area (Å²) in [4.78, 5) is 11.0. The molecule has 0 bridgehead atoms. The quantitative estimate of drug-likeness (QED) is 0.761. The predicted octanol–water partition coefficient (Wildman–Crippen LogP) is 1.65. The van der Waals surface area contributed by atoms with Gasteiger partial charge in [0.1, 0.15) is 0 Å². The fourth-order valence-electron chi connectivity index (χ4n) is 1.89. The number of rotatable bonds is 8. The number of nitrogens with one attached hydrogen (secondary N) is 1. The van der Waals surface area contributed by atoms with Gasteiger partial charge in [-0.1, -0.05) is 13.0 Å². The Morgan fingerprint density at radius 3 is 2.57 bits per heavy atom. The molecule has 0 aliphatic carbocycles. The summed E-state index contributed by atoms with van der Waals surface area (Å²) in [5.74, 6) is -1.16. The van der Waals surface area contributed by atoms with E-state index in [1.807, 2.05) is 13.8 Å². The first kappa shape index (κ1) is 17.6. The van der Waals surface area contributed by atoms with Gasteiger partial charge >= 0.3 is 5.97 Å². The van der Waals surface area contributed by atoms with Crippen LogP contribution in [-0.2, 0) is 21.2 Å². The van der Waals surface area contributed by atoms with Gasteiger partial charge in [0.2, 0.25) is 10.0 Å². The lowest BCUT2D eigenvalue weighted by Crippen LogP contribution is -2.36. The molecule has 0 aliphatic heterocycles. The van der Waals surface area contributed by atoms with Crippen molar-refractivity contribution in [2.45, 2.75) is 38.1 Å². The Bertz CT molecular complexity index is 597. The molecule has 0 aliphatic rings. The van der Waals surface area contributed by atoms with Crippen molar-refractivity contribution >= 4 is 16.0 Å². The predicted molar refractivity (Wildman–Crippen MR) is 79.1 cm³/mol. The van der Waals surface area contributed by atoms with Gasteiger partial charge in [0, 0.05) is 12.6 Å². The standard InChI is InChI=1S/C14H21NO5S/c1-4-11-6-7-12(14(16)17)8-13(11)21(18,19)15-10(3)9-20-5-2/h6-8,10,15H,4-5,9H2,1-3H3,(H,16,17). The summed E-state index contributed by atoms with van der Waals surface area (Å²) in [6.07, 6.45) is 0.496. The van der Waals surface area contributed by atoms with Gasteiger partial charge in [-0.25, -0.2) is 17.9 Å². The van der Waals surface area contributed by atoms with E-state index >= 15 is 0 Å². The average molecular weight is 315 g/mol. The highest BCUT2D eigenvalue weighted by atomic mass is 32.2. The summed E-state index contributed by atoms with van der Waals surface area (Å²) in [6, 6.07) is 3.74. The number of sulfonamides is 1. The topological polar surface area (TPSA) is 92.7 Å². The molecule has 21 heavy (non-hydrogen) atoms. The highest BCUT2D eigenvalue weighted by Gasteiger charge is 2.22. The van der Waals surface area contributed by atoms with Crippen molar-refractivity contribution in [3.05, 3.63) is 29.3 Å². The van der Waals surface area contributed by atoms with Gasteiger partial charge in [0.15, 0.2) is 0 Å². The summed E-state index contributed by atoms with van der Waals surface area (Å²) >= 11 is 0. The van der Waals surface area contributed by atoms with Crippen molar-refractivity contribution in [3.8, 4) is 0 Å². The number of hydrogen-bond acceptors (Lipinski definition) is 4. The van der Waals surface area contributed by atoms with Crippen molar-refractivity contribution in [2.75, 3.05) is 13.2 Å². The van der Waals surface area contributed by atoms with Gasteiger partial charge in [-0.3, -0.25) is 0 Å². The average Bonchev–Trinajstić information content (AvgIpc) is 2.43. The number of carboxylic acid groups (broad SMARTS) is 1. The van der Waals surface area contributed by atoms with E-state index in [1.54, 1.807) is 6.92 Å². The maximum atomic E-state index is 12.4. The number of carboxylic acids is 1. The summed E-state index contributed by atoms with van der Waals surface area (Å²) in [7, 11) is -3.78. The fourth-order valence-corrected chi connectivity index (χ4v) is 3.45. The Hall–Kier alpha value is -1.44. The van der Waals surface area contributed by atoms with Crippen LogP contribution in [-0.4, -0.2) is 38.7 Å². The molecular formula is C14H21NO5S. The number of aryl methyl sites for hydroxylation is 1. The molecule has 1 atom stereocenters. The first-order chi connectivity index (χ1) is 9.81. The van der Waals surface area contributed by atoms with Gasteiger partial charge in [0.25, 0.3) is 0 Å². The van der Waals surface area contributed by atoms with E-state index in [-0.39, 0.29) is 17.1 Å². The van der Waals surface area contributed by atoms with Crippen molar-refractivity contribution in [1.82, 2.24) is 4.72 Å². The third-order valence-electron chi connectivity index (χ3n) is 2.91. The highest BCUT2D eigenvalue weighted by Crippen LogP contribution is 2.19. The molecule has 7 heteroatoms. The molecule has 1 aromatic rings. The maximum absolute atomic E-state index is 12.4. The molecule has 6 nitrogen and oxygen atoms in total. The van der Waals surface area contributed by atoms with Crippen LogP contribution < -0.4 is 4.72 Å². The van der Waals surface area contributed by atoms with Crippen LogP contribution in [0.2, 0.25) is 0 Å². The summed E-state index contributed by atoms with van der Waals surface area (Å²) < 4.78 is 32.5. The number of carbonyl (C=O) groups is 1. The van der Waals surface area contributed by atoms with Gasteiger partial charge in [-0.05, 0) is 38.0 Å². The third-order valence-corrected chi connectivity index (χ3v) is 4.58. The molecule has 1 aromatic carbocycles. The van der Waals surface area contributed by atoms with Gasteiger partial charge in [-0.2, -0.15) is 0 Å². The van der Waals surface area contributed by atoms with Crippen LogP contribution in [0.4, 0.5) is 0 Å². The van der Waals surface area contributed by atoms with E-state index in [0.29, 0.717) is 18.6 Å². The second kappa shape index (κ2) is 7.53. The van der Waals surface area contributed by atoms with Crippen LogP contribution >= 0.6 is 0 Å². The Labute approximate surface area is 125 Å². The zero-order valence-corrected chi connectivity index (χ0v) is 13.2. The van der Waals surface area contributed by atoms with Gasteiger partial charge in [-0.15, -0.1) is 0 Å².